The minimum Gasteiger partial charge on any atom is -0.393 e. The summed E-state index contributed by atoms with van der Waals surface area (Å²) in [6.45, 7) is 1.72. The molecule has 2 unspecified atom stereocenters. The molecule has 4 heteroatoms. The third-order valence-electron chi connectivity index (χ3n) is 3.40. The maximum Gasteiger partial charge on any atom is 0.229 e. The van der Waals surface area contributed by atoms with Gasteiger partial charge in [0.05, 0.1) is 12.5 Å². The molecule has 1 aromatic heterocycles. The van der Waals surface area contributed by atoms with E-state index in [4.69, 9.17) is 4.52 Å². The minimum absolute atomic E-state index is 0.243. The van der Waals surface area contributed by atoms with Gasteiger partial charge in [0.1, 0.15) is 0 Å². The zero-order chi connectivity index (χ0) is 12.5. The molecule has 2 atom stereocenters. The summed E-state index contributed by atoms with van der Waals surface area (Å²) in [7, 11) is 0. The normalized spacial score (nSPS) is 19.8. The molecule has 1 aliphatic rings. The summed E-state index contributed by atoms with van der Waals surface area (Å²) in [4.78, 5) is 4.39. The lowest BCUT2D eigenvalue weighted by atomic mass is 10.0. The van der Waals surface area contributed by atoms with E-state index in [-0.39, 0.29) is 5.92 Å². The molecule has 0 radical (unpaired) electrons. The van der Waals surface area contributed by atoms with Crippen molar-refractivity contribution in [1.82, 2.24) is 10.1 Å². The number of hydrogen-bond acceptors (Lipinski definition) is 4. The van der Waals surface area contributed by atoms with Crippen molar-refractivity contribution in [1.29, 1.82) is 0 Å². The highest BCUT2D eigenvalue weighted by Gasteiger charge is 2.27. The van der Waals surface area contributed by atoms with E-state index in [0.717, 1.165) is 18.7 Å². The maximum atomic E-state index is 9.31. The van der Waals surface area contributed by atoms with Crippen LogP contribution in [0.15, 0.2) is 28.8 Å². The molecule has 0 amide bonds. The molecule has 0 saturated heterocycles. The van der Waals surface area contributed by atoms with Gasteiger partial charge in [0, 0.05) is 5.92 Å². The summed E-state index contributed by atoms with van der Waals surface area (Å²) in [6, 6.07) is 8.41. The predicted molar refractivity (Wildman–Crippen MR) is 66.3 cm³/mol. The van der Waals surface area contributed by atoms with Crippen molar-refractivity contribution in [2.45, 2.75) is 38.2 Å². The van der Waals surface area contributed by atoms with Crippen molar-refractivity contribution in [3.63, 3.8) is 0 Å². The SMILES string of the molecule is CC(O)Cc1nc(C2CCc3ccccc32)no1. The van der Waals surface area contributed by atoms with Crippen molar-refractivity contribution in [2.75, 3.05) is 0 Å². The van der Waals surface area contributed by atoms with Gasteiger partial charge in [-0.15, -0.1) is 0 Å². The van der Waals surface area contributed by atoms with Crippen molar-refractivity contribution in [3.8, 4) is 0 Å². The molecule has 0 fully saturated rings. The molecule has 3 rings (SSSR count). The minimum atomic E-state index is -0.450. The summed E-state index contributed by atoms with van der Waals surface area (Å²) >= 11 is 0. The Morgan fingerprint density at radius 1 is 1.44 bits per heavy atom. The van der Waals surface area contributed by atoms with Crippen LogP contribution in [0.1, 0.15) is 42.1 Å². The van der Waals surface area contributed by atoms with Gasteiger partial charge in [-0.1, -0.05) is 29.4 Å². The maximum absolute atomic E-state index is 9.31. The van der Waals surface area contributed by atoms with Gasteiger partial charge < -0.3 is 9.63 Å². The van der Waals surface area contributed by atoms with Gasteiger partial charge in [-0.05, 0) is 30.9 Å². The average Bonchev–Trinajstić information content (AvgIpc) is 2.94. The Hall–Kier alpha value is -1.68. The van der Waals surface area contributed by atoms with Crippen LogP contribution in [0.2, 0.25) is 0 Å². The zero-order valence-electron chi connectivity index (χ0n) is 10.3. The molecule has 4 nitrogen and oxygen atoms in total. The first-order valence-corrected chi connectivity index (χ1v) is 6.32. The summed E-state index contributed by atoms with van der Waals surface area (Å²) in [5.74, 6) is 1.51. The molecule has 94 valence electrons. The molecule has 1 aliphatic carbocycles. The number of aryl methyl sites for hydroxylation is 1. The average molecular weight is 244 g/mol. The molecule has 0 aliphatic heterocycles. The lowest BCUT2D eigenvalue weighted by molar-refractivity contribution is 0.181. The van der Waals surface area contributed by atoms with Gasteiger partial charge in [0.25, 0.3) is 0 Å². The number of aliphatic hydroxyl groups excluding tert-OH is 1. The van der Waals surface area contributed by atoms with Crippen LogP contribution < -0.4 is 0 Å². The standard InChI is InChI=1S/C14H16N2O2/c1-9(17)8-13-15-14(16-18-13)12-7-6-10-4-2-3-5-11(10)12/h2-5,9,12,17H,6-8H2,1H3. The van der Waals surface area contributed by atoms with Gasteiger partial charge in [-0.2, -0.15) is 4.98 Å². The molecular formula is C14H16N2O2. The van der Waals surface area contributed by atoms with Crippen LogP contribution in [0.25, 0.3) is 0 Å². The van der Waals surface area contributed by atoms with Crippen LogP contribution >= 0.6 is 0 Å². The molecule has 1 aromatic carbocycles. The Balaban J connectivity index is 1.86. The Morgan fingerprint density at radius 2 is 2.28 bits per heavy atom. The summed E-state index contributed by atoms with van der Waals surface area (Å²) in [5.41, 5.74) is 2.69. The second-order valence-corrected chi connectivity index (χ2v) is 4.89. The fourth-order valence-electron chi connectivity index (χ4n) is 2.57. The molecule has 1 N–H and O–H groups in total. The fourth-order valence-corrected chi connectivity index (χ4v) is 2.57. The van der Waals surface area contributed by atoms with E-state index < -0.39 is 6.10 Å². The third-order valence-corrected chi connectivity index (χ3v) is 3.40. The van der Waals surface area contributed by atoms with Crippen LogP contribution in [0.4, 0.5) is 0 Å². The van der Waals surface area contributed by atoms with Crippen molar-refractivity contribution in [3.05, 3.63) is 47.1 Å². The molecule has 1 heterocycles. The molecule has 0 spiro atoms. The van der Waals surface area contributed by atoms with Gasteiger partial charge in [0.2, 0.25) is 5.89 Å². The monoisotopic (exact) mass is 244 g/mol. The second-order valence-electron chi connectivity index (χ2n) is 4.89. The van der Waals surface area contributed by atoms with Crippen molar-refractivity contribution >= 4 is 0 Å². The van der Waals surface area contributed by atoms with E-state index in [9.17, 15) is 5.11 Å². The van der Waals surface area contributed by atoms with E-state index in [2.05, 4.69) is 28.3 Å². The van der Waals surface area contributed by atoms with Crippen LogP contribution in [0, 0.1) is 0 Å². The Kier molecular flexibility index (Phi) is 2.88. The highest BCUT2D eigenvalue weighted by molar-refractivity contribution is 5.38. The van der Waals surface area contributed by atoms with Crippen LogP contribution in [-0.2, 0) is 12.8 Å². The highest BCUT2D eigenvalue weighted by Crippen LogP contribution is 2.36. The van der Waals surface area contributed by atoms with E-state index in [1.807, 2.05) is 6.07 Å². The van der Waals surface area contributed by atoms with Crippen molar-refractivity contribution < 1.29 is 9.63 Å². The predicted octanol–water partition coefficient (Wildman–Crippen LogP) is 2.07. The number of benzene rings is 1. The number of fused-ring (bicyclic) bond motifs is 1. The summed E-state index contributed by atoms with van der Waals surface area (Å²) in [5, 5.41) is 13.4. The number of aliphatic hydroxyl groups is 1. The number of aromatic nitrogens is 2. The largest absolute Gasteiger partial charge is 0.393 e. The Bertz CT molecular complexity index is 548. The van der Waals surface area contributed by atoms with E-state index in [0.29, 0.717) is 12.3 Å². The second kappa shape index (κ2) is 4.53. The first-order valence-electron chi connectivity index (χ1n) is 6.32. The van der Waals surface area contributed by atoms with Crippen molar-refractivity contribution in [2.24, 2.45) is 0 Å². The third kappa shape index (κ3) is 2.04. The van der Waals surface area contributed by atoms with E-state index in [1.54, 1.807) is 6.92 Å². The molecule has 0 bridgehead atoms. The fraction of sp³-hybridized carbons (Fsp3) is 0.429. The lowest BCUT2D eigenvalue weighted by Gasteiger charge is -2.05. The quantitative estimate of drug-likeness (QED) is 0.898. The van der Waals surface area contributed by atoms with Crippen LogP contribution in [0.5, 0.6) is 0 Å². The Labute approximate surface area is 106 Å². The van der Waals surface area contributed by atoms with E-state index >= 15 is 0 Å². The first-order chi connectivity index (χ1) is 8.74. The molecule has 0 saturated carbocycles. The number of hydrogen-bond donors (Lipinski definition) is 1. The molecule has 18 heavy (non-hydrogen) atoms. The topological polar surface area (TPSA) is 59.2 Å². The van der Waals surface area contributed by atoms with Gasteiger partial charge in [0.15, 0.2) is 5.82 Å². The smallest absolute Gasteiger partial charge is 0.229 e. The first kappa shape index (κ1) is 11.4. The van der Waals surface area contributed by atoms with Crippen LogP contribution in [0.3, 0.4) is 0 Å². The van der Waals surface area contributed by atoms with E-state index in [1.165, 1.54) is 11.1 Å². The molecular weight excluding hydrogens is 228 g/mol. The van der Waals surface area contributed by atoms with Gasteiger partial charge >= 0.3 is 0 Å². The lowest BCUT2D eigenvalue weighted by Crippen LogP contribution is -2.05. The summed E-state index contributed by atoms with van der Waals surface area (Å²) < 4.78 is 5.18. The highest BCUT2D eigenvalue weighted by atomic mass is 16.5. The van der Waals surface area contributed by atoms with Gasteiger partial charge in [-0.3, -0.25) is 0 Å². The molecule has 2 aromatic rings. The number of rotatable bonds is 3. The number of nitrogens with zero attached hydrogens (tertiary/aromatic N) is 2. The zero-order valence-corrected chi connectivity index (χ0v) is 10.3. The summed E-state index contributed by atoms with van der Waals surface area (Å²) in [6.07, 6.45) is 2.07. The Morgan fingerprint density at radius 3 is 3.11 bits per heavy atom. The van der Waals surface area contributed by atoms with Crippen LogP contribution in [-0.4, -0.2) is 21.4 Å². The van der Waals surface area contributed by atoms with Gasteiger partial charge in [-0.25, -0.2) is 0 Å².